The van der Waals surface area contributed by atoms with E-state index in [0.717, 1.165) is 0 Å². The Morgan fingerprint density at radius 1 is 0.771 bits per heavy atom. The van der Waals surface area contributed by atoms with Crippen LogP contribution >= 0.6 is 23.2 Å². The number of ether oxygens (including phenoxy) is 1. The molecule has 2 atom stereocenters. The van der Waals surface area contributed by atoms with Gasteiger partial charge in [0.1, 0.15) is 12.5 Å². The van der Waals surface area contributed by atoms with Crippen molar-refractivity contribution in [1.29, 1.82) is 0 Å². The fourth-order valence-electron chi connectivity index (χ4n) is 3.39. The van der Waals surface area contributed by atoms with E-state index in [1.807, 2.05) is 9.44 Å². The summed E-state index contributed by atoms with van der Waals surface area (Å²) in [6.45, 7) is 0.479. The third-order valence-electron chi connectivity index (χ3n) is 5.42. The normalized spacial score (nSPS) is 19.9. The summed E-state index contributed by atoms with van der Waals surface area (Å²) in [7, 11) is -8.31. The minimum absolute atomic E-state index is 0.168. The quantitative estimate of drug-likeness (QED) is 0.550. The molecule has 15 heteroatoms. The van der Waals surface area contributed by atoms with Crippen molar-refractivity contribution in [3.8, 4) is 0 Å². The van der Waals surface area contributed by atoms with Gasteiger partial charge in [-0.15, -0.1) is 0 Å². The molecule has 2 N–H and O–H groups in total. The fourth-order valence-corrected chi connectivity index (χ4v) is 5.91. The second-order valence-corrected chi connectivity index (χ2v) is 12.0. The predicted molar refractivity (Wildman–Crippen MR) is 126 cm³/mol. The number of carbonyl (C=O) groups is 2. The van der Waals surface area contributed by atoms with E-state index in [4.69, 9.17) is 27.9 Å². The Kier molecular flexibility index (Phi) is 7.16. The number of urea groups is 2. The maximum absolute atomic E-state index is 12.5. The number of benzene rings is 2. The molecule has 4 rings (SSSR count). The first-order valence-corrected chi connectivity index (χ1v) is 14.0. The van der Waals surface area contributed by atoms with E-state index in [1.165, 1.54) is 58.3 Å². The Balaban J connectivity index is 1.34. The zero-order chi connectivity index (χ0) is 25.4. The van der Waals surface area contributed by atoms with Crippen LogP contribution in [-0.4, -0.2) is 64.2 Å². The molecule has 35 heavy (non-hydrogen) atoms. The van der Waals surface area contributed by atoms with Crippen molar-refractivity contribution in [2.24, 2.45) is 0 Å². The molecule has 4 amide bonds. The van der Waals surface area contributed by atoms with Gasteiger partial charge >= 0.3 is 12.1 Å². The lowest BCUT2D eigenvalue weighted by atomic mass is 10.1. The first-order chi connectivity index (χ1) is 16.5. The molecule has 2 aromatic rings. The number of likely N-dealkylation sites (tertiary alicyclic amines) is 2. The Bertz CT molecular complexity index is 1270. The molecule has 11 nitrogen and oxygen atoms in total. The zero-order valence-electron chi connectivity index (χ0n) is 17.9. The van der Waals surface area contributed by atoms with Gasteiger partial charge in [0.25, 0.3) is 20.0 Å². The summed E-state index contributed by atoms with van der Waals surface area (Å²) in [5, 5.41) is 0.400. The molecule has 2 unspecified atom stereocenters. The van der Waals surface area contributed by atoms with Crippen LogP contribution in [0, 0.1) is 0 Å². The van der Waals surface area contributed by atoms with E-state index >= 15 is 0 Å². The number of rotatable bonds is 6. The third kappa shape index (κ3) is 5.64. The summed E-state index contributed by atoms with van der Waals surface area (Å²) in [6, 6.07) is 9.14. The van der Waals surface area contributed by atoms with E-state index in [0.29, 0.717) is 12.8 Å². The lowest BCUT2D eigenvalue weighted by Crippen LogP contribution is -2.63. The van der Waals surface area contributed by atoms with Crippen molar-refractivity contribution < 1.29 is 31.2 Å². The van der Waals surface area contributed by atoms with Gasteiger partial charge in [0.05, 0.1) is 9.79 Å². The maximum atomic E-state index is 12.5. The Morgan fingerprint density at radius 2 is 1.17 bits per heavy atom. The van der Waals surface area contributed by atoms with Gasteiger partial charge in [-0.25, -0.2) is 35.9 Å². The maximum Gasteiger partial charge on any atom is 0.333 e. The van der Waals surface area contributed by atoms with Crippen LogP contribution in [0.15, 0.2) is 58.3 Å². The van der Waals surface area contributed by atoms with Crippen LogP contribution in [0.2, 0.25) is 10.0 Å². The molecule has 0 saturated carbocycles. The van der Waals surface area contributed by atoms with E-state index in [-0.39, 0.29) is 32.9 Å². The minimum Gasteiger partial charge on any atom is -0.335 e. The number of nitrogens with zero attached hydrogens (tertiary/aromatic N) is 2. The molecular weight excluding hydrogens is 543 g/mol. The zero-order valence-corrected chi connectivity index (χ0v) is 21.1. The number of sulfonamides is 2. The van der Waals surface area contributed by atoms with E-state index < -0.39 is 44.6 Å². The second-order valence-electron chi connectivity index (χ2n) is 7.75. The number of nitrogens with one attached hydrogen (secondary N) is 2. The summed E-state index contributed by atoms with van der Waals surface area (Å²) in [6.07, 6.45) is -0.737. The molecule has 188 valence electrons. The highest BCUT2D eigenvalue weighted by Gasteiger charge is 2.42. The van der Waals surface area contributed by atoms with Crippen molar-refractivity contribution >= 4 is 55.3 Å². The smallest absolute Gasteiger partial charge is 0.333 e. The van der Waals surface area contributed by atoms with E-state index in [1.54, 1.807) is 0 Å². The largest absolute Gasteiger partial charge is 0.335 e. The van der Waals surface area contributed by atoms with Gasteiger partial charge < -0.3 is 4.74 Å². The van der Waals surface area contributed by atoms with Gasteiger partial charge in [-0.2, -0.15) is 0 Å². The minimum atomic E-state index is -4.15. The summed E-state index contributed by atoms with van der Waals surface area (Å²) in [5.74, 6) is 0. The highest BCUT2D eigenvalue weighted by atomic mass is 35.5. The summed E-state index contributed by atoms with van der Waals surface area (Å²) < 4.78 is 59.6. The van der Waals surface area contributed by atoms with Crippen LogP contribution in [0.3, 0.4) is 0 Å². The molecule has 2 fully saturated rings. The Morgan fingerprint density at radius 3 is 1.49 bits per heavy atom. The molecule has 0 radical (unpaired) electrons. The number of carbonyl (C=O) groups excluding carboxylic acids is 2. The van der Waals surface area contributed by atoms with Crippen LogP contribution in [0.1, 0.15) is 12.8 Å². The lowest BCUT2D eigenvalue weighted by Gasteiger charge is -2.47. The average molecular weight is 563 g/mol. The van der Waals surface area contributed by atoms with Crippen molar-refractivity contribution in [2.45, 2.75) is 35.1 Å². The first-order valence-electron chi connectivity index (χ1n) is 10.3. The molecule has 0 aliphatic carbocycles. The molecule has 2 heterocycles. The van der Waals surface area contributed by atoms with E-state index in [9.17, 15) is 26.4 Å². The molecule has 2 saturated heterocycles. The van der Waals surface area contributed by atoms with Crippen LogP contribution in [0.25, 0.3) is 0 Å². The van der Waals surface area contributed by atoms with Gasteiger partial charge in [-0.05, 0) is 36.4 Å². The Hall–Kier alpha value is -2.58. The highest BCUT2D eigenvalue weighted by Crippen LogP contribution is 2.28. The molecule has 2 aromatic carbocycles. The van der Waals surface area contributed by atoms with Gasteiger partial charge in [0, 0.05) is 36.0 Å². The van der Waals surface area contributed by atoms with Gasteiger partial charge in [0.15, 0.2) is 0 Å². The van der Waals surface area contributed by atoms with Crippen LogP contribution in [-0.2, 0) is 24.8 Å². The van der Waals surface area contributed by atoms with Crippen LogP contribution in [0.4, 0.5) is 9.59 Å². The van der Waals surface area contributed by atoms with Gasteiger partial charge in [-0.3, -0.25) is 9.80 Å². The molecule has 0 aromatic heterocycles. The van der Waals surface area contributed by atoms with Crippen molar-refractivity contribution in [3.05, 3.63) is 58.6 Å². The predicted octanol–water partition coefficient (Wildman–Crippen LogP) is 2.57. The standard InChI is InChI=1S/C20H20Cl2N4O7S2/c21-13-3-1-5-15(11-13)34(29,30)23-19(27)25-9-7-17(25)33-18-8-10-26(18)20(28)24-35(31,32)16-6-2-4-14(22)12-16/h1-6,11-12,17-18H,7-10H2,(H,23,27)(H,24,28). The van der Waals surface area contributed by atoms with Crippen LogP contribution < -0.4 is 9.44 Å². The topological polar surface area (TPSA) is 142 Å². The summed E-state index contributed by atoms with van der Waals surface area (Å²) >= 11 is 11.6. The number of hydrogen-bond acceptors (Lipinski definition) is 7. The second kappa shape index (κ2) is 9.82. The average Bonchev–Trinajstić information content (AvgIpc) is 2.71. The van der Waals surface area contributed by atoms with E-state index in [2.05, 4.69) is 0 Å². The summed E-state index contributed by atoms with van der Waals surface area (Å²) in [5.41, 5.74) is 0. The van der Waals surface area contributed by atoms with Crippen LogP contribution in [0.5, 0.6) is 0 Å². The fraction of sp³-hybridized carbons (Fsp3) is 0.300. The van der Waals surface area contributed by atoms with Gasteiger partial charge in [-0.1, -0.05) is 35.3 Å². The molecular formula is C20H20Cl2N4O7S2. The SMILES string of the molecule is O=C(NS(=O)(=O)c1cccc(Cl)c1)N1CCC1OC1CCN1C(=O)NS(=O)(=O)c1cccc(Cl)c1. The number of amides is 4. The number of halogens is 2. The summed E-state index contributed by atoms with van der Waals surface area (Å²) in [4.78, 5) is 27.0. The van der Waals surface area contributed by atoms with Crippen molar-refractivity contribution in [1.82, 2.24) is 19.2 Å². The number of hydrogen-bond donors (Lipinski definition) is 2. The molecule has 0 bridgehead atoms. The molecule has 2 aliphatic heterocycles. The highest BCUT2D eigenvalue weighted by molar-refractivity contribution is 7.90. The molecule has 0 spiro atoms. The molecule has 2 aliphatic rings. The lowest BCUT2D eigenvalue weighted by molar-refractivity contribution is -0.194. The van der Waals surface area contributed by atoms with Crippen molar-refractivity contribution in [3.63, 3.8) is 0 Å². The monoisotopic (exact) mass is 562 g/mol. The third-order valence-corrected chi connectivity index (χ3v) is 8.53. The first kappa shape index (κ1) is 25.5. The van der Waals surface area contributed by atoms with Gasteiger partial charge in [0.2, 0.25) is 0 Å². The van der Waals surface area contributed by atoms with Crippen molar-refractivity contribution in [2.75, 3.05) is 13.1 Å². The Labute approximate surface area is 212 Å².